The maximum atomic E-state index is 11.0. The fourth-order valence-corrected chi connectivity index (χ4v) is 1.83. The van der Waals surface area contributed by atoms with Crippen LogP contribution >= 0.6 is 0 Å². The lowest BCUT2D eigenvalue weighted by atomic mass is 10.2. The van der Waals surface area contributed by atoms with E-state index >= 15 is 0 Å². The van der Waals surface area contributed by atoms with Gasteiger partial charge in [0.05, 0.1) is 6.26 Å². The smallest absolute Gasteiger partial charge is 0.236 e. The Morgan fingerprint density at radius 1 is 1.31 bits per heavy atom. The first-order chi connectivity index (χ1) is 6.09. The number of sulfonamides is 1. The van der Waals surface area contributed by atoms with Crippen molar-refractivity contribution in [3.63, 3.8) is 0 Å². The Bertz CT molecular complexity index is 401. The van der Waals surface area contributed by atoms with E-state index in [4.69, 9.17) is 4.84 Å². The summed E-state index contributed by atoms with van der Waals surface area (Å²) in [5.41, 5.74) is 0.855. The van der Waals surface area contributed by atoms with Gasteiger partial charge in [-0.15, -0.1) is 0 Å². The molecule has 0 radical (unpaired) electrons. The lowest BCUT2D eigenvalue weighted by Gasteiger charge is -1.93. The highest BCUT2D eigenvalue weighted by Crippen LogP contribution is 2.38. The van der Waals surface area contributed by atoms with Crippen molar-refractivity contribution >= 4 is 10.0 Å². The minimum absolute atomic E-state index is 0.420. The van der Waals surface area contributed by atoms with Gasteiger partial charge in [0.1, 0.15) is 0 Å². The number of nitrogens with zero attached hydrogens (tertiary/aromatic N) is 1. The molecular formula is C8H9NO3S. The van der Waals surface area contributed by atoms with Crippen LogP contribution in [0, 0.1) is 0 Å². The SMILES string of the molecule is CS(=O)(=O)N1O[C@@H]1c1ccccc1. The third-order valence-electron chi connectivity index (χ3n) is 1.76. The second-order valence-corrected chi connectivity index (χ2v) is 4.71. The van der Waals surface area contributed by atoms with Gasteiger partial charge in [-0.05, 0) is 4.47 Å². The van der Waals surface area contributed by atoms with Crippen LogP contribution in [0.15, 0.2) is 30.3 Å². The fourth-order valence-electron chi connectivity index (χ4n) is 1.12. The van der Waals surface area contributed by atoms with Gasteiger partial charge in [-0.25, -0.2) is 8.42 Å². The van der Waals surface area contributed by atoms with Crippen LogP contribution in [-0.4, -0.2) is 19.1 Å². The van der Waals surface area contributed by atoms with Crippen LogP contribution in [0.1, 0.15) is 11.8 Å². The van der Waals surface area contributed by atoms with E-state index in [-0.39, 0.29) is 0 Å². The standard InChI is InChI=1S/C8H9NO3S/c1-13(10,11)9-8(12-9)7-5-3-2-4-6-7/h2-6,8H,1H3/t8-,9?/m1/s1. The van der Waals surface area contributed by atoms with Crippen molar-refractivity contribution < 1.29 is 13.3 Å². The number of hydrogen-bond donors (Lipinski definition) is 0. The fraction of sp³-hybridized carbons (Fsp3) is 0.250. The molecule has 1 aliphatic heterocycles. The highest BCUT2D eigenvalue weighted by Gasteiger charge is 2.45. The van der Waals surface area contributed by atoms with Crippen LogP contribution in [-0.2, 0) is 14.9 Å². The topological polar surface area (TPSA) is 49.7 Å². The molecule has 2 atom stereocenters. The predicted molar refractivity (Wildman–Crippen MR) is 47.0 cm³/mol. The lowest BCUT2D eigenvalue weighted by Crippen LogP contribution is -2.08. The third-order valence-corrected chi connectivity index (χ3v) is 2.69. The molecule has 1 heterocycles. The molecule has 0 N–H and O–H groups in total. The molecule has 0 aromatic heterocycles. The number of hydrogen-bond acceptors (Lipinski definition) is 3. The predicted octanol–water partition coefficient (Wildman–Crippen LogP) is 0.892. The van der Waals surface area contributed by atoms with E-state index in [2.05, 4.69) is 0 Å². The summed E-state index contributed by atoms with van der Waals surface area (Å²) in [6, 6.07) is 9.22. The first kappa shape index (κ1) is 8.68. The van der Waals surface area contributed by atoms with Gasteiger partial charge in [-0.1, -0.05) is 30.3 Å². The zero-order valence-corrected chi connectivity index (χ0v) is 7.86. The maximum Gasteiger partial charge on any atom is 0.236 e. The molecule has 5 heteroatoms. The van der Waals surface area contributed by atoms with E-state index in [1.165, 1.54) is 0 Å². The Balaban J connectivity index is 2.18. The highest BCUT2D eigenvalue weighted by atomic mass is 32.2. The molecule has 13 heavy (non-hydrogen) atoms. The molecule has 1 aromatic rings. The summed E-state index contributed by atoms with van der Waals surface area (Å²) in [6.07, 6.45) is 0.701. The first-order valence-corrected chi connectivity index (χ1v) is 5.65. The summed E-state index contributed by atoms with van der Waals surface area (Å²) in [5.74, 6) is 0. The van der Waals surface area contributed by atoms with Gasteiger partial charge in [0.15, 0.2) is 6.23 Å². The number of hydroxylamine groups is 1. The molecule has 1 unspecified atom stereocenters. The number of rotatable bonds is 2. The minimum atomic E-state index is -3.22. The molecule has 0 spiro atoms. The number of benzene rings is 1. The Morgan fingerprint density at radius 2 is 1.92 bits per heavy atom. The first-order valence-electron chi connectivity index (χ1n) is 3.80. The van der Waals surface area contributed by atoms with E-state index in [1.807, 2.05) is 30.3 Å². The molecule has 2 rings (SSSR count). The van der Waals surface area contributed by atoms with Crippen LogP contribution in [0.25, 0.3) is 0 Å². The van der Waals surface area contributed by atoms with E-state index in [0.29, 0.717) is 0 Å². The molecule has 70 valence electrons. The molecule has 1 saturated heterocycles. The van der Waals surface area contributed by atoms with Gasteiger partial charge in [0, 0.05) is 5.56 Å². The Morgan fingerprint density at radius 3 is 2.38 bits per heavy atom. The summed E-state index contributed by atoms with van der Waals surface area (Å²) in [7, 11) is -3.22. The van der Waals surface area contributed by atoms with Crippen molar-refractivity contribution in [1.29, 1.82) is 0 Å². The third kappa shape index (κ3) is 1.72. The van der Waals surface area contributed by atoms with Crippen molar-refractivity contribution in [2.24, 2.45) is 0 Å². The van der Waals surface area contributed by atoms with Crippen LogP contribution in [0.2, 0.25) is 0 Å². The summed E-state index contributed by atoms with van der Waals surface area (Å²) in [4.78, 5) is 4.91. The van der Waals surface area contributed by atoms with Crippen LogP contribution in [0.5, 0.6) is 0 Å². The molecule has 1 aliphatic rings. The normalized spacial score (nSPS) is 27.2. The average Bonchev–Trinajstić information content (AvgIpc) is 2.83. The van der Waals surface area contributed by atoms with Crippen molar-refractivity contribution in [3.05, 3.63) is 35.9 Å². The minimum Gasteiger partial charge on any atom is -0.254 e. The zero-order valence-electron chi connectivity index (χ0n) is 7.04. The summed E-state index contributed by atoms with van der Waals surface area (Å²) < 4.78 is 22.9. The largest absolute Gasteiger partial charge is 0.254 e. The maximum absolute atomic E-state index is 11.0. The van der Waals surface area contributed by atoms with Crippen molar-refractivity contribution in [2.45, 2.75) is 6.23 Å². The molecular weight excluding hydrogens is 190 g/mol. The van der Waals surface area contributed by atoms with Gasteiger partial charge in [-0.2, -0.15) is 0 Å². The second-order valence-electron chi connectivity index (χ2n) is 2.89. The van der Waals surface area contributed by atoms with Gasteiger partial charge >= 0.3 is 0 Å². The molecule has 0 bridgehead atoms. The van der Waals surface area contributed by atoms with Crippen LogP contribution < -0.4 is 0 Å². The van der Waals surface area contributed by atoms with Crippen LogP contribution in [0.3, 0.4) is 0 Å². The Kier molecular flexibility index (Phi) is 1.87. The zero-order chi connectivity index (χ0) is 9.47. The Labute approximate surface area is 76.7 Å². The van der Waals surface area contributed by atoms with E-state index in [1.54, 1.807) is 0 Å². The summed E-state index contributed by atoms with van der Waals surface area (Å²) in [5, 5.41) is 0. The monoisotopic (exact) mass is 199 g/mol. The van der Waals surface area contributed by atoms with Gasteiger partial charge in [0.2, 0.25) is 10.0 Å². The summed E-state index contributed by atoms with van der Waals surface area (Å²) >= 11 is 0. The molecule has 0 saturated carbocycles. The van der Waals surface area contributed by atoms with Crippen molar-refractivity contribution in [2.75, 3.05) is 6.26 Å². The van der Waals surface area contributed by atoms with E-state index in [9.17, 15) is 8.42 Å². The average molecular weight is 199 g/mol. The van der Waals surface area contributed by atoms with Crippen LogP contribution in [0.4, 0.5) is 0 Å². The molecule has 0 aliphatic carbocycles. The lowest BCUT2D eigenvalue weighted by molar-refractivity contribution is 0.284. The quantitative estimate of drug-likeness (QED) is 0.665. The molecule has 4 nitrogen and oxygen atoms in total. The van der Waals surface area contributed by atoms with Crippen molar-refractivity contribution in [3.8, 4) is 0 Å². The molecule has 1 fully saturated rings. The van der Waals surface area contributed by atoms with Gasteiger partial charge < -0.3 is 0 Å². The highest BCUT2D eigenvalue weighted by molar-refractivity contribution is 7.88. The van der Waals surface area contributed by atoms with Crippen molar-refractivity contribution in [1.82, 2.24) is 4.47 Å². The molecule has 1 aromatic carbocycles. The second kappa shape index (κ2) is 2.80. The molecule has 0 amide bonds. The Hall–Kier alpha value is -0.910. The van der Waals surface area contributed by atoms with Gasteiger partial charge in [0.25, 0.3) is 0 Å². The van der Waals surface area contributed by atoms with E-state index < -0.39 is 16.3 Å². The van der Waals surface area contributed by atoms with E-state index in [0.717, 1.165) is 16.3 Å². The van der Waals surface area contributed by atoms with Gasteiger partial charge in [-0.3, -0.25) is 4.84 Å². The summed E-state index contributed by atoms with van der Waals surface area (Å²) in [6.45, 7) is 0.